The zero-order chi connectivity index (χ0) is 18.6. The molecule has 2 unspecified atom stereocenters. The number of rotatable bonds is 7. The summed E-state index contributed by atoms with van der Waals surface area (Å²) in [5.74, 6) is 2.31. The number of carbonyl (C=O) groups excluding carboxylic acids is 1. The Morgan fingerprint density at radius 3 is 2.78 bits per heavy atom. The van der Waals surface area contributed by atoms with Crippen molar-refractivity contribution in [2.24, 2.45) is 0 Å². The van der Waals surface area contributed by atoms with Crippen LogP contribution in [0.25, 0.3) is 0 Å². The van der Waals surface area contributed by atoms with Gasteiger partial charge in [0.1, 0.15) is 11.6 Å². The minimum atomic E-state index is 0.276. The SMILES string of the molecule is COCCc1nnc2n1CC1CCC(C2)N1C(=O)CCCc1ccccc1. The fourth-order valence-corrected chi connectivity index (χ4v) is 4.50. The van der Waals surface area contributed by atoms with Crippen LogP contribution in [0.2, 0.25) is 0 Å². The summed E-state index contributed by atoms with van der Waals surface area (Å²) in [5, 5.41) is 8.76. The van der Waals surface area contributed by atoms with Crippen LogP contribution < -0.4 is 0 Å². The summed E-state index contributed by atoms with van der Waals surface area (Å²) >= 11 is 0. The number of fused-ring (bicyclic) bond motifs is 3. The monoisotopic (exact) mass is 368 g/mol. The molecule has 1 aromatic carbocycles. The van der Waals surface area contributed by atoms with E-state index in [1.165, 1.54) is 5.56 Å². The first-order valence-corrected chi connectivity index (χ1v) is 10.0. The summed E-state index contributed by atoms with van der Waals surface area (Å²) in [6.45, 7) is 1.47. The first-order chi connectivity index (χ1) is 13.3. The third-order valence-electron chi connectivity index (χ3n) is 5.85. The van der Waals surface area contributed by atoms with Gasteiger partial charge >= 0.3 is 0 Å². The smallest absolute Gasteiger partial charge is 0.223 e. The Hall–Kier alpha value is -2.21. The first kappa shape index (κ1) is 18.2. The minimum absolute atomic E-state index is 0.276. The summed E-state index contributed by atoms with van der Waals surface area (Å²) in [6, 6.07) is 11.0. The molecule has 1 aromatic heterocycles. The van der Waals surface area contributed by atoms with E-state index in [0.717, 1.165) is 56.7 Å². The molecule has 0 saturated carbocycles. The van der Waals surface area contributed by atoms with Crippen LogP contribution in [-0.4, -0.2) is 51.4 Å². The normalized spacial score (nSPS) is 21.1. The topological polar surface area (TPSA) is 60.3 Å². The van der Waals surface area contributed by atoms with Crippen molar-refractivity contribution in [2.45, 2.75) is 63.6 Å². The van der Waals surface area contributed by atoms with Gasteiger partial charge in [-0.25, -0.2) is 0 Å². The molecule has 2 bridgehead atoms. The number of hydrogen-bond acceptors (Lipinski definition) is 4. The Kier molecular flexibility index (Phi) is 5.53. The second kappa shape index (κ2) is 8.21. The largest absolute Gasteiger partial charge is 0.384 e. The molecule has 4 rings (SSSR count). The minimum Gasteiger partial charge on any atom is -0.384 e. The van der Waals surface area contributed by atoms with Crippen LogP contribution in [0.5, 0.6) is 0 Å². The van der Waals surface area contributed by atoms with Crippen molar-refractivity contribution in [1.29, 1.82) is 0 Å². The highest BCUT2D eigenvalue weighted by Gasteiger charge is 2.40. The lowest BCUT2D eigenvalue weighted by Gasteiger charge is -2.28. The molecule has 2 aliphatic rings. The number of methoxy groups -OCH3 is 1. The number of ether oxygens (including phenoxy) is 1. The van der Waals surface area contributed by atoms with Gasteiger partial charge in [0.2, 0.25) is 5.91 Å². The molecule has 0 N–H and O–H groups in total. The molecule has 0 radical (unpaired) electrons. The Morgan fingerprint density at radius 1 is 1.15 bits per heavy atom. The lowest BCUT2D eigenvalue weighted by Crippen LogP contribution is -2.42. The summed E-state index contributed by atoms with van der Waals surface area (Å²) in [7, 11) is 1.71. The van der Waals surface area contributed by atoms with E-state index in [9.17, 15) is 4.79 Å². The average Bonchev–Trinajstić information content (AvgIpc) is 3.20. The number of amides is 1. The van der Waals surface area contributed by atoms with Crippen molar-refractivity contribution in [2.75, 3.05) is 13.7 Å². The van der Waals surface area contributed by atoms with Crippen LogP contribution in [0.4, 0.5) is 0 Å². The van der Waals surface area contributed by atoms with Gasteiger partial charge in [-0.05, 0) is 31.2 Å². The lowest BCUT2D eigenvalue weighted by molar-refractivity contribution is -0.134. The molecule has 1 amide bonds. The summed E-state index contributed by atoms with van der Waals surface area (Å²) in [6.07, 6.45) is 6.24. The molecule has 6 nitrogen and oxygen atoms in total. The highest BCUT2D eigenvalue weighted by atomic mass is 16.5. The number of benzene rings is 1. The average molecular weight is 368 g/mol. The standard InChI is InChI=1S/C21H28N4O2/c1-27-13-12-19-22-23-20-14-17-10-11-18(15-24(19)20)25(17)21(26)9-5-8-16-6-3-2-4-7-16/h2-4,6-7,17-18H,5,8-15H2,1H3. The second-order valence-corrected chi connectivity index (χ2v) is 7.62. The predicted molar refractivity (Wildman–Crippen MR) is 102 cm³/mol. The van der Waals surface area contributed by atoms with Gasteiger partial charge in [0.15, 0.2) is 0 Å². The van der Waals surface area contributed by atoms with Crippen molar-refractivity contribution in [1.82, 2.24) is 19.7 Å². The number of aryl methyl sites for hydroxylation is 1. The second-order valence-electron chi connectivity index (χ2n) is 7.62. The maximum Gasteiger partial charge on any atom is 0.223 e. The first-order valence-electron chi connectivity index (χ1n) is 10.0. The molecule has 3 heterocycles. The molecule has 2 aromatic rings. The molecule has 2 aliphatic heterocycles. The third kappa shape index (κ3) is 3.90. The molecule has 1 saturated heterocycles. The molecule has 1 fully saturated rings. The van der Waals surface area contributed by atoms with Gasteiger partial charge in [0.25, 0.3) is 0 Å². The van der Waals surface area contributed by atoms with E-state index < -0.39 is 0 Å². The molecular formula is C21H28N4O2. The van der Waals surface area contributed by atoms with Crippen molar-refractivity contribution < 1.29 is 9.53 Å². The van der Waals surface area contributed by atoms with Gasteiger partial charge in [-0.1, -0.05) is 30.3 Å². The Balaban J connectivity index is 1.39. The highest BCUT2D eigenvalue weighted by molar-refractivity contribution is 5.77. The molecule has 0 aliphatic carbocycles. The van der Waals surface area contributed by atoms with E-state index in [1.54, 1.807) is 7.11 Å². The Labute approximate surface area is 160 Å². The number of hydrogen-bond donors (Lipinski definition) is 0. The molecule has 0 spiro atoms. The van der Waals surface area contributed by atoms with Crippen LogP contribution in [0.3, 0.4) is 0 Å². The molecule has 6 heteroatoms. The maximum absolute atomic E-state index is 13.0. The van der Waals surface area contributed by atoms with Gasteiger partial charge in [0, 0.05) is 39.0 Å². The number of nitrogens with zero attached hydrogens (tertiary/aromatic N) is 4. The molecule has 144 valence electrons. The number of carbonyl (C=O) groups is 1. The van der Waals surface area contributed by atoms with Gasteiger partial charge in [-0.2, -0.15) is 0 Å². The van der Waals surface area contributed by atoms with E-state index >= 15 is 0 Å². The molecular weight excluding hydrogens is 340 g/mol. The van der Waals surface area contributed by atoms with Crippen LogP contribution in [-0.2, 0) is 35.3 Å². The predicted octanol–water partition coefficient (Wildman–Crippen LogP) is 2.41. The van der Waals surface area contributed by atoms with E-state index in [-0.39, 0.29) is 12.1 Å². The molecule has 27 heavy (non-hydrogen) atoms. The Morgan fingerprint density at radius 2 is 1.96 bits per heavy atom. The summed E-state index contributed by atoms with van der Waals surface area (Å²) < 4.78 is 7.42. The molecule has 2 atom stereocenters. The van der Waals surface area contributed by atoms with Crippen molar-refractivity contribution in [3.05, 3.63) is 47.5 Å². The zero-order valence-electron chi connectivity index (χ0n) is 16.0. The van der Waals surface area contributed by atoms with Crippen molar-refractivity contribution in [3.63, 3.8) is 0 Å². The van der Waals surface area contributed by atoms with Crippen LogP contribution >= 0.6 is 0 Å². The summed E-state index contributed by atoms with van der Waals surface area (Å²) in [5.41, 5.74) is 1.30. The third-order valence-corrected chi connectivity index (χ3v) is 5.85. The van der Waals surface area contributed by atoms with Crippen LogP contribution in [0.1, 0.15) is 42.9 Å². The van der Waals surface area contributed by atoms with E-state index in [2.05, 4.69) is 43.9 Å². The van der Waals surface area contributed by atoms with Gasteiger partial charge < -0.3 is 14.2 Å². The fourth-order valence-electron chi connectivity index (χ4n) is 4.50. The van der Waals surface area contributed by atoms with E-state index in [1.807, 2.05) is 6.07 Å². The van der Waals surface area contributed by atoms with Crippen LogP contribution in [0, 0.1) is 0 Å². The quantitative estimate of drug-likeness (QED) is 0.753. The van der Waals surface area contributed by atoms with E-state index in [4.69, 9.17) is 4.74 Å². The summed E-state index contributed by atoms with van der Waals surface area (Å²) in [4.78, 5) is 15.2. The van der Waals surface area contributed by atoms with Crippen LogP contribution in [0.15, 0.2) is 30.3 Å². The fraction of sp³-hybridized carbons (Fsp3) is 0.571. The van der Waals surface area contributed by atoms with Gasteiger partial charge in [0.05, 0.1) is 12.6 Å². The lowest BCUT2D eigenvalue weighted by atomic mass is 10.1. The maximum atomic E-state index is 13.0. The van der Waals surface area contributed by atoms with Gasteiger partial charge in [-0.15, -0.1) is 10.2 Å². The highest BCUT2D eigenvalue weighted by Crippen LogP contribution is 2.32. The Bertz CT molecular complexity index is 774. The zero-order valence-corrected chi connectivity index (χ0v) is 16.0. The number of aromatic nitrogens is 3. The van der Waals surface area contributed by atoms with Crippen molar-refractivity contribution in [3.8, 4) is 0 Å². The van der Waals surface area contributed by atoms with Crippen molar-refractivity contribution >= 4 is 5.91 Å². The van der Waals surface area contributed by atoms with Gasteiger partial charge in [-0.3, -0.25) is 4.79 Å². The van der Waals surface area contributed by atoms with E-state index in [0.29, 0.717) is 18.9 Å².